The number of fused-ring (bicyclic) bond motifs is 3. The van der Waals surface area contributed by atoms with Crippen LogP contribution in [-0.4, -0.2) is 15.0 Å². The summed E-state index contributed by atoms with van der Waals surface area (Å²) < 4.78 is 0. The summed E-state index contributed by atoms with van der Waals surface area (Å²) in [6.45, 7) is 2.07. The van der Waals surface area contributed by atoms with Crippen LogP contribution in [0.15, 0.2) is 30.7 Å². The van der Waals surface area contributed by atoms with Crippen LogP contribution in [0.1, 0.15) is 5.56 Å². The predicted octanol–water partition coefficient (Wildman–Crippen LogP) is 2.42. The Morgan fingerprint density at radius 2 is 2.14 bits per heavy atom. The molecule has 0 aliphatic carbocycles. The van der Waals surface area contributed by atoms with E-state index in [0.717, 1.165) is 21.9 Å². The van der Waals surface area contributed by atoms with E-state index in [1.165, 1.54) is 5.56 Å². The first-order valence-corrected chi connectivity index (χ1v) is 4.53. The summed E-state index contributed by atoms with van der Waals surface area (Å²) in [5.74, 6) is 0. The van der Waals surface area contributed by atoms with Crippen molar-refractivity contribution in [1.82, 2.24) is 15.0 Å². The number of H-pyrrole nitrogens is 1. The van der Waals surface area contributed by atoms with Crippen LogP contribution in [0.25, 0.3) is 21.9 Å². The van der Waals surface area contributed by atoms with Gasteiger partial charge in [0.25, 0.3) is 0 Å². The van der Waals surface area contributed by atoms with Gasteiger partial charge in [-0.1, -0.05) is 11.6 Å². The lowest BCUT2D eigenvalue weighted by Crippen LogP contribution is -1.82. The number of benzene rings is 1. The van der Waals surface area contributed by atoms with Crippen LogP contribution in [0.5, 0.6) is 0 Å². The van der Waals surface area contributed by atoms with Crippen molar-refractivity contribution in [2.75, 3.05) is 0 Å². The van der Waals surface area contributed by atoms with E-state index in [-0.39, 0.29) is 0 Å². The van der Waals surface area contributed by atoms with E-state index in [1.807, 2.05) is 12.3 Å². The van der Waals surface area contributed by atoms with Crippen LogP contribution in [0.4, 0.5) is 0 Å². The number of aryl methyl sites for hydroxylation is 1. The van der Waals surface area contributed by atoms with Crippen LogP contribution in [0, 0.1) is 6.92 Å². The minimum absolute atomic E-state index is 0.989. The lowest BCUT2D eigenvalue weighted by atomic mass is 10.1. The molecule has 0 bridgehead atoms. The SMILES string of the molecule is Cc1ccc2ncc3[nH]cnc3c2c1. The summed E-state index contributed by atoms with van der Waals surface area (Å²) in [4.78, 5) is 11.7. The van der Waals surface area contributed by atoms with Gasteiger partial charge in [0.05, 0.1) is 29.1 Å². The van der Waals surface area contributed by atoms with E-state index >= 15 is 0 Å². The van der Waals surface area contributed by atoms with Gasteiger partial charge in [0, 0.05) is 5.39 Å². The molecular weight excluding hydrogens is 174 g/mol. The average Bonchev–Trinajstić information content (AvgIpc) is 2.65. The van der Waals surface area contributed by atoms with Gasteiger partial charge in [-0.15, -0.1) is 0 Å². The van der Waals surface area contributed by atoms with Gasteiger partial charge in [0.2, 0.25) is 0 Å². The van der Waals surface area contributed by atoms with Crippen LogP contribution in [-0.2, 0) is 0 Å². The van der Waals surface area contributed by atoms with Crippen molar-refractivity contribution in [2.24, 2.45) is 0 Å². The third-order valence-electron chi connectivity index (χ3n) is 2.41. The second kappa shape index (κ2) is 2.54. The largest absolute Gasteiger partial charge is 0.343 e. The standard InChI is InChI=1S/C11H9N3/c1-7-2-3-9-8(4-7)11-10(5-12-9)13-6-14-11/h2-6H,1H3,(H,13,14). The van der Waals surface area contributed by atoms with Gasteiger partial charge in [0.1, 0.15) is 0 Å². The summed E-state index contributed by atoms with van der Waals surface area (Å²) in [5, 5.41) is 1.11. The number of hydrogen-bond donors (Lipinski definition) is 1. The van der Waals surface area contributed by atoms with Gasteiger partial charge in [-0.3, -0.25) is 4.98 Å². The summed E-state index contributed by atoms with van der Waals surface area (Å²) in [6.07, 6.45) is 3.52. The van der Waals surface area contributed by atoms with Crippen molar-refractivity contribution in [3.05, 3.63) is 36.3 Å². The van der Waals surface area contributed by atoms with Gasteiger partial charge in [-0.2, -0.15) is 0 Å². The molecule has 0 spiro atoms. The molecule has 68 valence electrons. The van der Waals surface area contributed by atoms with Gasteiger partial charge in [-0.05, 0) is 19.1 Å². The molecule has 0 fully saturated rings. The highest BCUT2D eigenvalue weighted by atomic mass is 14.9. The molecule has 0 saturated carbocycles. The summed E-state index contributed by atoms with van der Waals surface area (Å²) in [7, 11) is 0. The fraction of sp³-hybridized carbons (Fsp3) is 0.0909. The Morgan fingerprint density at radius 1 is 1.21 bits per heavy atom. The predicted molar refractivity (Wildman–Crippen MR) is 56.1 cm³/mol. The lowest BCUT2D eigenvalue weighted by molar-refractivity contribution is 1.34. The molecule has 1 N–H and O–H groups in total. The number of hydrogen-bond acceptors (Lipinski definition) is 2. The molecule has 1 aromatic carbocycles. The molecule has 0 saturated heterocycles. The van der Waals surface area contributed by atoms with Crippen molar-refractivity contribution in [2.45, 2.75) is 6.92 Å². The monoisotopic (exact) mass is 183 g/mol. The van der Waals surface area contributed by atoms with Crippen LogP contribution in [0.2, 0.25) is 0 Å². The number of nitrogens with zero attached hydrogens (tertiary/aromatic N) is 2. The normalized spacial score (nSPS) is 11.2. The molecule has 0 aliphatic heterocycles. The number of nitrogens with one attached hydrogen (secondary N) is 1. The van der Waals surface area contributed by atoms with E-state index in [0.29, 0.717) is 0 Å². The number of aromatic amines is 1. The van der Waals surface area contributed by atoms with Crippen molar-refractivity contribution in [3.8, 4) is 0 Å². The van der Waals surface area contributed by atoms with Crippen molar-refractivity contribution in [1.29, 1.82) is 0 Å². The molecular formula is C11H9N3. The highest BCUT2D eigenvalue weighted by Gasteiger charge is 2.02. The smallest absolute Gasteiger partial charge is 0.0992 e. The highest BCUT2D eigenvalue weighted by molar-refractivity contribution is 6.01. The zero-order chi connectivity index (χ0) is 9.54. The van der Waals surface area contributed by atoms with Crippen molar-refractivity contribution < 1.29 is 0 Å². The topological polar surface area (TPSA) is 41.6 Å². The Hall–Kier alpha value is -1.90. The molecule has 0 aliphatic rings. The molecule has 3 heteroatoms. The van der Waals surface area contributed by atoms with Crippen LogP contribution >= 0.6 is 0 Å². The maximum Gasteiger partial charge on any atom is 0.0992 e. The number of imidazole rings is 1. The first kappa shape index (κ1) is 7.50. The Morgan fingerprint density at radius 3 is 3.07 bits per heavy atom. The Bertz CT molecular complexity index is 610. The maximum absolute atomic E-state index is 4.35. The van der Waals surface area contributed by atoms with E-state index in [9.17, 15) is 0 Å². The van der Waals surface area contributed by atoms with Gasteiger partial charge < -0.3 is 4.98 Å². The second-order valence-corrected chi connectivity index (χ2v) is 3.44. The Labute approximate surface area is 80.8 Å². The number of pyridine rings is 1. The first-order chi connectivity index (χ1) is 6.84. The zero-order valence-electron chi connectivity index (χ0n) is 7.78. The van der Waals surface area contributed by atoms with Gasteiger partial charge >= 0.3 is 0 Å². The molecule has 3 nitrogen and oxygen atoms in total. The van der Waals surface area contributed by atoms with E-state index in [1.54, 1.807) is 6.33 Å². The maximum atomic E-state index is 4.35. The van der Waals surface area contributed by atoms with Crippen LogP contribution < -0.4 is 0 Å². The molecule has 0 radical (unpaired) electrons. The molecule has 0 amide bonds. The highest BCUT2D eigenvalue weighted by Crippen LogP contribution is 2.21. The summed E-state index contributed by atoms with van der Waals surface area (Å²) in [6, 6.07) is 6.21. The van der Waals surface area contributed by atoms with E-state index in [4.69, 9.17) is 0 Å². The summed E-state index contributed by atoms with van der Waals surface area (Å²) in [5.41, 5.74) is 4.21. The third kappa shape index (κ3) is 0.923. The van der Waals surface area contributed by atoms with Crippen LogP contribution in [0.3, 0.4) is 0 Å². The number of rotatable bonds is 0. The zero-order valence-corrected chi connectivity index (χ0v) is 7.78. The molecule has 0 unspecified atom stereocenters. The minimum Gasteiger partial charge on any atom is -0.343 e. The van der Waals surface area contributed by atoms with Crippen molar-refractivity contribution in [3.63, 3.8) is 0 Å². The Kier molecular flexibility index (Phi) is 1.36. The lowest BCUT2D eigenvalue weighted by Gasteiger charge is -1.98. The van der Waals surface area contributed by atoms with Gasteiger partial charge in [0.15, 0.2) is 0 Å². The molecule has 2 aromatic heterocycles. The first-order valence-electron chi connectivity index (χ1n) is 4.53. The Balaban J connectivity index is 2.60. The molecule has 3 rings (SSSR count). The quantitative estimate of drug-likeness (QED) is 0.581. The molecule has 14 heavy (non-hydrogen) atoms. The van der Waals surface area contributed by atoms with E-state index < -0.39 is 0 Å². The fourth-order valence-corrected chi connectivity index (χ4v) is 1.70. The van der Waals surface area contributed by atoms with E-state index in [2.05, 4.69) is 34.0 Å². The number of aromatic nitrogens is 3. The fourth-order valence-electron chi connectivity index (χ4n) is 1.70. The summed E-state index contributed by atoms with van der Waals surface area (Å²) >= 11 is 0. The molecule has 3 aromatic rings. The van der Waals surface area contributed by atoms with Crippen molar-refractivity contribution >= 4 is 21.9 Å². The van der Waals surface area contributed by atoms with Gasteiger partial charge in [-0.25, -0.2) is 4.98 Å². The molecule has 0 atom stereocenters. The average molecular weight is 183 g/mol. The second-order valence-electron chi connectivity index (χ2n) is 3.44. The minimum atomic E-state index is 0.989. The third-order valence-corrected chi connectivity index (χ3v) is 2.41. The molecule has 2 heterocycles.